The molecular formula is C73H77Cl3F3N11O11. The maximum absolute atomic E-state index is 13.6. The first-order chi connectivity index (χ1) is 48.0. The van der Waals surface area contributed by atoms with Gasteiger partial charge < -0.3 is 54.4 Å². The fraction of sp³-hybridized carbons (Fsp3) is 0.384. The number of anilines is 3. The van der Waals surface area contributed by atoms with E-state index in [1.54, 1.807) is 55.2 Å². The maximum atomic E-state index is 13.6. The summed E-state index contributed by atoms with van der Waals surface area (Å²) in [5, 5.41) is 16.2. The van der Waals surface area contributed by atoms with Crippen LogP contribution in [-0.4, -0.2) is 82.0 Å². The van der Waals surface area contributed by atoms with Crippen molar-refractivity contribution in [2.24, 2.45) is 5.92 Å². The Kier molecular flexibility index (Phi) is 22.8. The van der Waals surface area contributed by atoms with Gasteiger partial charge in [0.2, 0.25) is 11.8 Å². The summed E-state index contributed by atoms with van der Waals surface area (Å²) in [5.74, 6) is -7.00. The van der Waals surface area contributed by atoms with Gasteiger partial charge in [0.25, 0.3) is 52.8 Å². The third kappa shape index (κ3) is 16.1. The molecule has 2 atom stereocenters. The molecule has 8 heterocycles. The summed E-state index contributed by atoms with van der Waals surface area (Å²) in [5.41, 5.74) is 5.79. The number of Topliss-reactive ketones (excluding diaryl/α,β-unsaturated/α-hetero) is 3. The van der Waals surface area contributed by atoms with Gasteiger partial charge in [0.15, 0.2) is 0 Å². The second kappa shape index (κ2) is 31.1. The summed E-state index contributed by atoms with van der Waals surface area (Å²) >= 11 is 19.7. The highest BCUT2D eigenvalue weighted by atomic mass is 35.5. The van der Waals surface area contributed by atoms with Crippen LogP contribution >= 0.6 is 34.8 Å². The Bertz CT molecular complexity index is 4640. The molecule has 6 N–H and O–H groups in total. The van der Waals surface area contributed by atoms with Crippen molar-refractivity contribution in [3.05, 3.63) is 190 Å². The first kappa shape index (κ1) is 74.1. The number of carbonyl (C=O) groups excluding carboxylic acids is 9. The molecule has 4 aliphatic rings. The number of nitrogens with zero attached hydrogens (tertiary/aromatic N) is 5. The van der Waals surface area contributed by atoms with Crippen molar-refractivity contribution in [3.63, 3.8) is 0 Å². The second-order valence-corrected chi connectivity index (χ2v) is 27.3. The molecule has 1 fully saturated rings. The fourth-order valence-corrected chi connectivity index (χ4v) is 13.8. The minimum absolute atomic E-state index is 0.00488. The lowest BCUT2D eigenvalue weighted by Crippen LogP contribution is -2.41. The maximum Gasteiger partial charge on any atom is 0.294 e. The number of oxazole rings is 2. The van der Waals surface area contributed by atoms with E-state index in [1.807, 2.05) is 20.8 Å². The van der Waals surface area contributed by atoms with E-state index in [9.17, 15) is 56.3 Å². The number of benzene rings is 3. The van der Waals surface area contributed by atoms with Gasteiger partial charge in [0.05, 0.1) is 43.1 Å². The van der Waals surface area contributed by atoms with Crippen LogP contribution in [0.3, 0.4) is 0 Å². The lowest BCUT2D eigenvalue weighted by Gasteiger charge is -2.20. The molecule has 28 heteroatoms. The summed E-state index contributed by atoms with van der Waals surface area (Å²) in [6.07, 6.45) is 11.9. The highest BCUT2D eigenvalue weighted by Gasteiger charge is 2.45. The number of hydrogen-bond donors (Lipinski definition) is 6. The van der Waals surface area contributed by atoms with Crippen molar-refractivity contribution in [1.82, 2.24) is 39.6 Å². The number of ketones is 3. The molecule has 0 bridgehead atoms. The normalized spacial score (nSPS) is 14.6. The van der Waals surface area contributed by atoms with Crippen molar-refractivity contribution >= 4 is 105 Å². The van der Waals surface area contributed by atoms with Crippen LogP contribution in [0.25, 0.3) is 0 Å². The van der Waals surface area contributed by atoms with Gasteiger partial charge in [-0.15, -0.1) is 0 Å². The molecule has 101 heavy (non-hydrogen) atoms. The van der Waals surface area contributed by atoms with Crippen molar-refractivity contribution < 1.29 is 65.2 Å². The lowest BCUT2D eigenvalue weighted by molar-refractivity contribution is -0.118. The number of aryl methyl sites for hydroxylation is 5. The van der Waals surface area contributed by atoms with E-state index in [-0.39, 0.29) is 83.6 Å². The van der Waals surface area contributed by atoms with Crippen molar-refractivity contribution in [2.75, 3.05) is 16.0 Å². The minimum atomic E-state index is -0.878. The van der Waals surface area contributed by atoms with Crippen LogP contribution in [0.2, 0.25) is 15.1 Å². The standard InChI is InChI=1S/C26H28ClFN4O4.C24H24ClFN4O4.C23H25ClFN3O3/c1-13(2)21(26-29-15(4)12-36-26)31-25(35)23(33)22-20(27)19(18-7-5-6-10-32(18)22)24(34)30-16-8-9-17(28)14(3)11-16;1-12-10-15(7-8-16(12)26)29-22(32)18-17-6-4-5-9-30(17)20(19(18)25)21(31)23(33)28-14(3)24-27-13(2)11-34-24;1-3-23(9-10-23)27-22(31)20(29)19-18(24)17(16-6-4-5-11-28(16)19)21(30)26-14-7-8-15(25)13(2)12-14/h8-9,11-13,21H,5-7,10H2,1-4H3,(H,30,34)(H,31,35);7-8,10-11,14H,4-6,9H2,1-3H3,(H,28,33)(H,29,32);7-8,12H,3-6,9-11H2,1-2H3,(H,26,30)(H,27,31)/t21-;14-;/m00./s1. The molecule has 22 nitrogen and oxygen atoms in total. The van der Waals surface area contributed by atoms with E-state index in [1.165, 1.54) is 67.1 Å². The lowest BCUT2D eigenvalue weighted by atomic mass is 10.0. The topological polar surface area (TPSA) is 293 Å². The van der Waals surface area contributed by atoms with E-state index in [0.717, 1.165) is 57.8 Å². The van der Waals surface area contributed by atoms with Crippen LogP contribution in [-0.2, 0) is 53.3 Å². The summed E-state index contributed by atoms with van der Waals surface area (Å²) in [6, 6.07) is 11.5. The Labute approximate surface area is 595 Å². The summed E-state index contributed by atoms with van der Waals surface area (Å²) < 4.78 is 56.6. The zero-order valence-electron chi connectivity index (χ0n) is 57.2. The molecule has 3 aliphatic heterocycles. The number of nitrogens with one attached hydrogen (secondary N) is 6. The van der Waals surface area contributed by atoms with E-state index in [4.69, 9.17) is 43.6 Å². The van der Waals surface area contributed by atoms with Crippen LogP contribution in [0, 0.1) is 58.0 Å². The number of aromatic nitrogens is 5. The minimum Gasteiger partial charge on any atom is -0.446 e. The third-order valence-electron chi connectivity index (χ3n) is 18.4. The molecular weight excluding hydrogens is 1370 g/mol. The molecule has 0 radical (unpaired) electrons. The van der Waals surface area contributed by atoms with Gasteiger partial charge in [-0.25, -0.2) is 23.1 Å². The van der Waals surface area contributed by atoms with Gasteiger partial charge in [-0.05, 0) is 196 Å². The monoisotopic (exact) mass is 1450 g/mol. The van der Waals surface area contributed by atoms with Crippen LogP contribution < -0.4 is 31.9 Å². The number of amides is 6. The molecule has 8 aromatic rings. The van der Waals surface area contributed by atoms with Gasteiger partial charge >= 0.3 is 0 Å². The van der Waals surface area contributed by atoms with Crippen LogP contribution in [0.15, 0.2) is 76.0 Å². The summed E-state index contributed by atoms with van der Waals surface area (Å²) in [6.45, 7) is 17.1. The first-order valence-corrected chi connectivity index (χ1v) is 34.5. The number of fused-ring (bicyclic) bond motifs is 3. The zero-order valence-corrected chi connectivity index (χ0v) is 59.5. The molecule has 0 saturated heterocycles. The van der Waals surface area contributed by atoms with E-state index < -0.39 is 64.9 Å². The summed E-state index contributed by atoms with van der Waals surface area (Å²) in [7, 11) is 0. The largest absolute Gasteiger partial charge is 0.446 e. The summed E-state index contributed by atoms with van der Waals surface area (Å²) in [4.78, 5) is 126. The van der Waals surface area contributed by atoms with Gasteiger partial charge in [-0.1, -0.05) is 55.6 Å². The fourth-order valence-electron chi connectivity index (χ4n) is 12.7. The molecule has 6 amide bonds. The predicted molar refractivity (Wildman–Crippen MR) is 373 cm³/mol. The molecule has 5 aromatic heterocycles. The SMILES string of the molecule is CCC1(NC(=O)C(=O)c2c(Cl)c(C(=O)Nc3ccc(F)c(C)c3)c3n2CCCC3)CC1.Cc1coc([C@@H](NC(=O)C(=O)c2c(Cl)c(C(=O)Nc3ccc(F)c(C)c3)c3n2CCCC3)C(C)C)n1.Cc1coc([C@H](C)NC(=O)C(=O)c2c(Cl)c(C(=O)Nc3ccc(F)c(C)c3)c3n2CCCC3)n1. The molecule has 1 saturated carbocycles. The quantitative estimate of drug-likeness (QED) is 0.0325. The van der Waals surface area contributed by atoms with Gasteiger partial charge in [-0.2, -0.15) is 0 Å². The van der Waals surface area contributed by atoms with Gasteiger partial charge in [0.1, 0.15) is 59.1 Å². The molecule has 1 aliphatic carbocycles. The number of carbonyl (C=O) groups is 9. The number of hydrogen-bond acceptors (Lipinski definition) is 13. The number of halogens is 6. The predicted octanol–water partition coefficient (Wildman–Crippen LogP) is 14.1. The average molecular weight is 1450 g/mol. The van der Waals surface area contributed by atoms with Crippen molar-refractivity contribution in [3.8, 4) is 0 Å². The highest BCUT2D eigenvalue weighted by molar-refractivity contribution is 6.49. The van der Waals surface area contributed by atoms with Crippen LogP contribution in [0.1, 0.15) is 217 Å². The van der Waals surface area contributed by atoms with E-state index in [0.29, 0.717) is 107 Å². The Morgan fingerprint density at radius 1 is 0.505 bits per heavy atom. The Balaban J connectivity index is 0.000000164. The van der Waals surface area contributed by atoms with E-state index in [2.05, 4.69) is 41.9 Å². The third-order valence-corrected chi connectivity index (χ3v) is 19.5. The molecule has 532 valence electrons. The van der Waals surface area contributed by atoms with Gasteiger partial charge in [0, 0.05) is 59.3 Å². The molecule has 0 unspecified atom stereocenters. The Hall–Kier alpha value is -9.59. The second-order valence-electron chi connectivity index (χ2n) is 26.2. The smallest absolute Gasteiger partial charge is 0.294 e. The first-order valence-electron chi connectivity index (χ1n) is 33.4. The van der Waals surface area contributed by atoms with Crippen LogP contribution in [0.5, 0.6) is 0 Å². The van der Waals surface area contributed by atoms with E-state index >= 15 is 0 Å². The zero-order chi connectivity index (χ0) is 73.0. The van der Waals surface area contributed by atoms with Crippen LogP contribution in [0.4, 0.5) is 30.2 Å². The Morgan fingerprint density at radius 3 is 1.17 bits per heavy atom. The van der Waals surface area contributed by atoms with Gasteiger partial charge in [-0.3, -0.25) is 43.2 Å². The molecule has 0 spiro atoms. The van der Waals surface area contributed by atoms with Crippen molar-refractivity contribution in [1.29, 1.82) is 0 Å². The average Bonchev–Trinajstić information content (AvgIpc) is 1.62. The molecule has 3 aromatic carbocycles. The number of rotatable bonds is 19. The molecule has 12 rings (SSSR count). The van der Waals surface area contributed by atoms with Crippen molar-refractivity contribution in [2.45, 2.75) is 177 Å². The highest BCUT2D eigenvalue weighted by Crippen LogP contribution is 2.40. The Morgan fingerprint density at radius 2 is 0.851 bits per heavy atom.